The summed E-state index contributed by atoms with van der Waals surface area (Å²) in [6.07, 6.45) is 3.52. The highest BCUT2D eigenvalue weighted by Gasteiger charge is 2.22. The van der Waals surface area contributed by atoms with Gasteiger partial charge in [-0.15, -0.1) is 10.2 Å². The number of carbonyl (C=O) groups is 1. The number of anilines is 2. The first kappa shape index (κ1) is 18.2. The fraction of sp³-hybridized carbons (Fsp3) is 0.263. The fourth-order valence-electron chi connectivity index (χ4n) is 3.03. The van der Waals surface area contributed by atoms with E-state index in [0.717, 1.165) is 11.4 Å². The molecule has 1 saturated heterocycles. The van der Waals surface area contributed by atoms with E-state index in [-0.39, 0.29) is 6.03 Å². The fourth-order valence-corrected chi connectivity index (χ4v) is 3.21. The van der Waals surface area contributed by atoms with Gasteiger partial charge in [0.25, 0.3) is 0 Å². The van der Waals surface area contributed by atoms with Crippen molar-refractivity contribution in [2.24, 2.45) is 0 Å². The number of rotatable bonds is 3. The maximum atomic E-state index is 12.5. The van der Waals surface area contributed by atoms with Gasteiger partial charge in [0.2, 0.25) is 0 Å². The van der Waals surface area contributed by atoms with Crippen LogP contribution in [0.15, 0.2) is 48.8 Å². The first-order valence-corrected chi connectivity index (χ1v) is 9.39. The van der Waals surface area contributed by atoms with Gasteiger partial charge in [-0.1, -0.05) is 17.7 Å². The zero-order valence-electron chi connectivity index (χ0n) is 15.4. The Labute approximate surface area is 167 Å². The van der Waals surface area contributed by atoms with Gasteiger partial charge in [-0.2, -0.15) is 5.10 Å². The molecule has 1 N–H and O–H groups in total. The van der Waals surface area contributed by atoms with E-state index < -0.39 is 0 Å². The Hall–Kier alpha value is -3.13. The quantitative estimate of drug-likeness (QED) is 0.735. The number of benzene rings is 1. The van der Waals surface area contributed by atoms with Gasteiger partial charge in [-0.25, -0.2) is 9.48 Å². The maximum Gasteiger partial charge on any atom is 0.321 e. The van der Waals surface area contributed by atoms with E-state index in [0.29, 0.717) is 42.7 Å². The normalized spacial score (nSPS) is 14.2. The third-order valence-corrected chi connectivity index (χ3v) is 5.10. The summed E-state index contributed by atoms with van der Waals surface area (Å²) in [5, 5.41) is 16.2. The number of urea groups is 1. The van der Waals surface area contributed by atoms with E-state index >= 15 is 0 Å². The molecule has 1 aliphatic heterocycles. The van der Waals surface area contributed by atoms with Gasteiger partial charge in [-0.05, 0) is 42.8 Å². The molecular formula is C19H20ClN7O. The number of carbonyl (C=O) groups excluding carboxylic acids is 1. The van der Waals surface area contributed by atoms with E-state index in [1.54, 1.807) is 21.8 Å². The van der Waals surface area contributed by atoms with Gasteiger partial charge in [0.1, 0.15) is 0 Å². The van der Waals surface area contributed by atoms with Crippen LogP contribution in [0.3, 0.4) is 0 Å². The van der Waals surface area contributed by atoms with Crippen molar-refractivity contribution in [1.29, 1.82) is 0 Å². The molecule has 1 aromatic carbocycles. The zero-order valence-corrected chi connectivity index (χ0v) is 16.2. The molecule has 3 heterocycles. The molecule has 3 aromatic rings. The number of halogens is 1. The molecule has 144 valence electrons. The number of aromatic nitrogens is 4. The molecule has 0 aliphatic carbocycles. The van der Waals surface area contributed by atoms with E-state index in [2.05, 4.69) is 25.5 Å². The van der Waals surface area contributed by atoms with Crippen LogP contribution >= 0.6 is 11.6 Å². The average molecular weight is 398 g/mol. The van der Waals surface area contributed by atoms with Crippen LogP contribution in [0.4, 0.5) is 16.3 Å². The Balaban J connectivity index is 1.33. The zero-order chi connectivity index (χ0) is 19.5. The molecule has 0 saturated carbocycles. The van der Waals surface area contributed by atoms with Crippen molar-refractivity contribution in [3.63, 3.8) is 0 Å². The van der Waals surface area contributed by atoms with Crippen LogP contribution in [-0.4, -0.2) is 57.1 Å². The lowest BCUT2D eigenvalue weighted by atomic mass is 10.2. The summed E-state index contributed by atoms with van der Waals surface area (Å²) in [7, 11) is 0. The Morgan fingerprint density at radius 2 is 1.82 bits per heavy atom. The second-order valence-corrected chi connectivity index (χ2v) is 6.98. The van der Waals surface area contributed by atoms with Gasteiger partial charge < -0.3 is 15.1 Å². The van der Waals surface area contributed by atoms with Gasteiger partial charge in [0.15, 0.2) is 11.6 Å². The summed E-state index contributed by atoms with van der Waals surface area (Å²) in [6.45, 7) is 4.52. The van der Waals surface area contributed by atoms with Crippen LogP contribution in [0.25, 0.3) is 5.82 Å². The monoisotopic (exact) mass is 397 g/mol. The largest absolute Gasteiger partial charge is 0.352 e. The summed E-state index contributed by atoms with van der Waals surface area (Å²) in [6, 6.07) is 11.0. The number of hydrogen-bond donors (Lipinski definition) is 1. The predicted molar refractivity (Wildman–Crippen MR) is 108 cm³/mol. The molecule has 8 nitrogen and oxygen atoms in total. The molecule has 1 fully saturated rings. The van der Waals surface area contributed by atoms with Gasteiger partial charge in [0.05, 0.1) is 0 Å². The van der Waals surface area contributed by atoms with E-state index in [1.165, 1.54) is 0 Å². The van der Waals surface area contributed by atoms with Crippen molar-refractivity contribution in [3.8, 4) is 5.82 Å². The van der Waals surface area contributed by atoms with Crippen molar-refractivity contribution in [2.75, 3.05) is 36.4 Å². The summed E-state index contributed by atoms with van der Waals surface area (Å²) in [5.74, 6) is 1.46. The van der Waals surface area contributed by atoms with Crippen LogP contribution in [-0.2, 0) is 0 Å². The van der Waals surface area contributed by atoms with Crippen molar-refractivity contribution in [2.45, 2.75) is 6.92 Å². The van der Waals surface area contributed by atoms with Crippen LogP contribution in [0.2, 0.25) is 5.02 Å². The van der Waals surface area contributed by atoms with E-state index in [4.69, 9.17) is 11.6 Å². The number of nitrogens with zero attached hydrogens (tertiary/aromatic N) is 6. The third-order valence-electron chi connectivity index (χ3n) is 4.69. The minimum Gasteiger partial charge on any atom is -0.352 e. The Bertz CT molecular complexity index is 951. The molecule has 28 heavy (non-hydrogen) atoms. The molecule has 0 radical (unpaired) electrons. The highest BCUT2D eigenvalue weighted by molar-refractivity contribution is 6.31. The van der Waals surface area contributed by atoms with Crippen LogP contribution in [0.1, 0.15) is 5.56 Å². The van der Waals surface area contributed by atoms with Crippen molar-refractivity contribution >= 4 is 29.1 Å². The summed E-state index contributed by atoms with van der Waals surface area (Å²) in [5.41, 5.74) is 1.68. The Morgan fingerprint density at radius 1 is 1.07 bits per heavy atom. The van der Waals surface area contributed by atoms with Crippen LogP contribution < -0.4 is 10.2 Å². The first-order chi connectivity index (χ1) is 13.6. The number of aryl methyl sites for hydroxylation is 1. The van der Waals surface area contributed by atoms with Crippen LogP contribution in [0.5, 0.6) is 0 Å². The highest BCUT2D eigenvalue weighted by atomic mass is 35.5. The lowest BCUT2D eigenvalue weighted by Crippen LogP contribution is -2.50. The summed E-state index contributed by atoms with van der Waals surface area (Å²) in [4.78, 5) is 16.4. The second kappa shape index (κ2) is 7.85. The number of nitrogens with one attached hydrogen (secondary N) is 1. The standard InChI is InChI=1S/C19H20ClN7O/c1-14-3-4-15(13-16(14)20)22-19(28)26-11-9-25(10-12-26)17-5-6-18(24-23-17)27-8-2-7-21-27/h2-8,13H,9-12H2,1H3,(H,22,28). The second-order valence-electron chi connectivity index (χ2n) is 6.57. The SMILES string of the molecule is Cc1ccc(NC(=O)N2CCN(c3ccc(-n4cccn4)nn3)CC2)cc1Cl. The smallest absolute Gasteiger partial charge is 0.321 e. The minimum atomic E-state index is -0.125. The molecule has 2 aromatic heterocycles. The number of piperazine rings is 1. The molecule has 0 spiro atoms. The van der Waals surface area contributed by atoms with Crippen molar-refractivity contribution < 1.29 is 4.79 Å². The minimum absolute atomic E-state index is 0.125. The van der Waals surface area contributed by atoms with Gasteiger partial charge >= 0.3 is 6.03 Å². The molecule has 2 amide bonds. The highest BCUT2D eigenvalue weighted by Crippen LogP contribution is 2.21. The Morgan fingerprint density at radius 3 is 2.46 bits per heavy atom. The predicted octanol–water partition coefficient (Wildman–Crippen LogP) is 2.98. The molecule has 4 rings (SSSR count). The lowest BCUT2D eigenvalue weighted by Gasteiger charge is -2.35. The first-order valence-electron chi connectivity index (χ1n) is 9.01. The molecule has 0 bridgehead atoms. The van der Waals surface area contributed by atoms with Crippen LogP contribution in [0, 0.1) is 6.92 Å². The molecule has 9 heteroatoms. The summed E-state index contributed by atoms with van der Waals surface area (Å²) >= 11 is 6.12. The Kier molecular flexibility index (Phi) is 5.12. The van der Waals surface area contributed by atoms with Crippen molar-refractivity contribution in [1.82, 2.24) is 24.9 Å². The maximum absolute atomic E-state index is 12.5. The molecular weight excluding hydrogens is 378 g/mol. The molecule has 1 aliphatic rings. The lowest BCUT2D eigenvalue weighted by molar-refractivity contribution is 0.208. The van der Waals surface area contributed by atoms with E-state index in [1.807, 2.05) is 43.5 Å². The molecule has 0 atom stereocenters. The van der Waals surface area contributed by atoms with E-state index in [9.17, 15) is 4.79 Å². The number of hydrogen-bond acceptors (Lipinski definition) is 5. The van der Waals surface area contributed by atoms with Gasteiger partial charge in [-0.3, -0.25) is 0 Å². The number of amides is 2. The van der Waals surface area contributed by atoms with Crippen molar-refractivity contribution in [3.05, 3.63) is 59.4 Å². The third kappa shape index (κ3) is 3.91. The molecule has 0 unspecified atom stereocenters. The van der Waals surface area contributed by atoms with Gasteiger partial charge in [0, 0.05) is 49.3 Å². The topological polar surface area (TPSA) is 79.2 Å². The summed E-state index contributed by atoms with van der Waals surface area (Å²) < 4.78 is 1.66. The average Bonchev–Trinajstić information content (AvgIpc) is 3.26.